The van der Waals surface area contributed by atoms with E-state index in [4.69, 9.17) is 4.42 Å². The number of benzene rings is 1. The van der Waals surface area contributed by atoms with E-state index in [0.29, 0.717) is 6.54 Å². The monoisotopic (exact) mass is 363 g/mol. The smallest absolute Gasteiger partial charge is 0.191 e. The third kappa shape index (κ3) is 4.37. The standard InChI is InChI=1S/C17H22BrN3O/c1-17(2,14-8-4-5-9-15(14)18)12-21-16(19-3)20-11-13-7-6-10-22-13/h4-10H,11-12H2,1-3H3,(H2,19,20,21). The van der Waals surface area contributed by atoms with Gasteiger partial charge in [-0.2, -0.15) is 0 Å². The highest BCUT2D eigenvalue weighted by atomic mass is 79.9. The van der Waals surface area contributed by atoms with Crippen molar-refractivity contribution in [2.45, 2.75) is 25.8 Å². The quantitative estimate of drug-likeness (QED) is 0.629. The number of hydrogen-bond donors (Lipinski definition) is 2. The first-order chi connectivity index (χ1) is 10.5. The molecule has 0 aliphatic carbocycles. The highest BCUT2D eigenvalue weighted by Crippen LogP contribution is 2.29. The Morgan fingerprint density at radius 1 is 1.18 bits per heavy atom. The zero-order chi connectivity index (χ0) is 16.0. The molecular weight excluding hydrogens is 342 g/mol. The van der Waals surface area contributed by atoms with Crippen LogP contribution in [0.3, 0.4) is 0 Å². The van der Waals surface area contributed by atoms with Crippen molar-refractivity contribution in [1.29, 1.82) is 0 Å². The number of furan rings is 1. The van der Waals surface area contributed by atoms with Crippen LogP contribution in [-0.2, 0) is 12.0 Å². The van der Waals surface area contributed by atoms with Gasteiger partial charge in [-0.05, 0) is 23.8 Å². The van der Waals surface area contributed by atoms with E-state index >= 15 is 0 Å². The lowest BCUT2D eigenvalue weighted by Gasteiger charge is -2.27. The second kappa shape index (κ2) is 7.49. The van der Waals surface area contributed by atoms with Crippen LogP contribution >= 0.6 is 15.9 Å². The molecule has 0 saturated carbocycles. The SMILES string of the molecule is CN=C(NCc1ccco1)NCC(C)(C)c1ccccc1Br. The predicted molar refractivity (Wildman–Crippen MR) is 94.1 cm³/mol. The number of hydrogen-bond acceptors (Lipinski definition) is 2. The van der Waals surface area contributed by atoms with E-state index in [2.05, 4.69) is 63.6 Å². The van der Waals surface area contributed by atoms with E-state index in [9.17, 15) is 0 Å². The summed E-state index contributed by atoms with van der Waals surface area (Å²) < 4.78 is 6.43. The minimum Gasteiger partial charge on any atom is -0.467 e. The van der Waals surface area contributed by atoms with Crippen molar-refractivity contribution in [2.24, 2.45) is 4.99 Å². The van der Waals surface area contributed by atoms with Gasteiger partial charge >= 0.3 is 0 Å². The molecule has 4 nitrogen and oxygen atoms in total. The van der Waals surface area contributed by atoms with Gasteiger partial charge in [-0.3, -0.25) is 4.99 Å². The molecule has 0 aliphatic rings. The van der Waals surface area contributed by atoms with Gasteiger partial charge in [0.2, 0.25) is 0 Å². The van der Waals surface area contributed by atoms with Gasteiger partial charge in [0.25, 0.3) is 0 Å². The topological polar surface area (TPSA) is 49.6 Å². The minimum atomic E-state index is -0.0254. The van der Waals surface area contributed by atoms with Crippen LogP contribution in [0.5, 0.6) is 0 Å². The number of nitrogens with one attached hydrogen (secondary N) is 2. The summed E-state index contributed by atoms with van der Waals surface area (Å²) in [6.07, 6.45) is 1.67. The number of aliphatic imine (C=N–C) groups is 1. The summed E-state index contributed by atoms with van der Waals surface area (Å²) >= 11 is 3.63. The van der Waals surface area contributed by atoms with Gasteiger partial charge in [-0.1, -0.05) is 48.0 Å². The number of halogens is 1. The largest absolute Gasteiger partial charge is 0.467 e. The van der Waals surface area contributed by atoms with E-state index in [0.717, 1.165) is 22.7 Å². The van der Waals surface area contributed by atoms with Crippen LogP contribution in [0.25, 0.3) is 0 Å². The second-order valence-electron chi connectivity index (χ2n) is 5.72. The third-order valence-electron chi connectivity index (χ3n) is 3.53. The summed E-state index contributed by atoms with van der Waals surface area (Å²) in [5, 5.41) is 6.62. The Bertz CT molecular complexity index is 621. The second-order valence-corrected chi connectivity index (χ2v) is 6.58. The summed E-state index contributed by atoms with van der Waals surface area (Å²) in [7, 11) is 1.77. The molecule has 0 spiro atoms. The molecule has 0 saturated heterocycles. The third-order valence-corrected chi connectivity index (χ3v) is 4.23. The Balaban J connectivity index is 1.93. The van der Waals surface area contributed by atoms with E-state index in [1.807, 2.05) is 18.2 Å². The zero-order valence-electron chi connectivity index (χ0n) is 13.2. The number of rotatable bonds is 5. The molecular formula is C17H22BrN3O. The Morgan fingerprint density at radius 2 is 1.95 bits per heavy atom. The molecule has 1 aromatic carbocycles. The van der Waals surface area contributed by atoms with Crippen LogP contribution in [-0.4, -0.2) is 19.6 Å². The highest BCUT2D eigenvalue weighted by molar-refractivity contribution is 9.10. The molecule has 0 amide bonds. The van der Waals surface area contributed by atoms with E-state index in [1.54, 1.807) is 13.3 Å². The van der Waals surface area contributed by atoms with E-state index in [-0.39, 0.29) is 5.41 Å². The Morgan fingerprint density at radius 3 is 2.59 bits per heavy atom. The first-order valence-electron chi connectivity index (χ1n) is 7.25. The predicted octanol–water partition coefficient (Wildman–Crippen LogP) is 3.68. The lowest BCUT2D eigenvalue weighted by Crippen LogP contribution is -2.43. The summed E-state index contributed by atoms with van der Waals surface area (Å²) in [5.74, 6) is 1.64. The fourth-order valence-electron chi connectivity index (χ4n) is 2.21. The van der Waals surface area contributed by atoms with Crippen molar-refractivity contribution < 1.29 is 4.42 Å². The Kier molecular flexibility index (Phi) is 5.66. The lowest BCUT2D eigenvalue weighted by molar-refractivity contribution is 0.491. The van der Waals surface area contributed by atoms with Crippen LogP contribution in [0.15, 0.2) is 56.5 Å². The molecule has 1 heterocycles. The summed E-state index contributed by atoms with van der Waals surface area (Å²) in [6.45, 7) is 5.80. The molecule has 1 aromatic heterocycles. The van der Waals surface area contributed by atoms with Crippen LogP contribution in [0.4, 0.5) is 0 Å². The number of nitrogens with zero attached hydrogens (tertiary/aromatic N) is 1. The van der Waals surface area contributed by atoms with Gasteiger partial charge in [-0.25, -0.2) is 0 Å². The average molecular weight is 364 g/mol. The fraction of sp³-hybridized carbons (Fsp3) is 0.353. The van der Waals surface area contributed by atoms with Crippen molar-refractivity contribution >= 4 is 21.9 Å². The maximum Gasteiger partial charge on any atom is 0.191 e. The summed E-state index contributed by atoms with van der Waals surface area (Å²) in [5.41, 5.74) is 1.24. The molecule has 2 rings (SSSR count). The Hall–Kier alpha value is -1.75. The van der Waals surface area contributed by atoms with Gasteiger partial charge < -0.3 is 15.1 Å². The van der Waals surface area contributed by atoms with Crippen molar-refractivity contribution in [2.75, 3.05) is 13.6 Å². The molecule has 5 heteroatoms. The molecule has 22 heavy (non-hydrogen) atoms. The minimum absolute atomic E-state index is 0.0254. The maximum absolute atomic E-state index is 5.31. The van der Waals surface area contributed by atoms with Crippen LogP contribution in [0.2, 0.25) is 0 Å². The zero-order valence-corrected chi connectivity index (χ0v) is 14.8. The fourth-order valence-corrected chi connectivity index (χ4v) is 3.04. The molecule has 0 unspecified atom stereocenters. The van der Waals surface area contributed by atoms with Gasteiger partial charge in [-0.15, -0.1) is 0 Å². The van der Waals surface area contributed by atoms with Crippen LogP contribution < -0.4 is 10.6 Å². The lowest BCUT2D eigenvalue weighted by atomic mass is 9.84. The van der Waals surface area contributed by atoms with Crippen molar-refractivity contribution in [1.82, 2.24) is 10.6 Å². The van der Waals surface area contributed by atoms with E-state index in [1.165, 1.54) is 5.56 Å². The van der Waals surface area contributed by atoms with Gasteiger partial charge in [0, 0.05) is 23.5 Å². The first-order valence-corrected chi connectivity index (χ1v) is 8.04. The Labute approximate surface area is 140 Å². The number of guanidine groups is 1. The molecule has 0 atom stereocenters. The van der Waals surface area contributed by atoms with Gasteiger partial charge in [0.1, 0.15) is 5.76 Å². The van der Waals surface area contributed by atoms with Gasteiger partial charge in [0.05, 0.1) is 12.8 Å². The molecule has 0 aliphatic heterocycles. The van der Waals surface area contributed by atoms with Crippen LogP contribution in [0.1, 0.15) is 25.2 Å². The maximum atomic E-state index is 5.31. The molecule has 2 aromatic rings. The van der Waals surface area contributed by atoms with E-state index < -0.39 is 0 Å². The highest BCUT2D eigenvalue weighted by Gasteiger charge is 2.23. The van der Waals surface area contributed by atoms with Crippen LogP contribution in [0, 0.1) is 0 Å². The van der Waals surface area contributed by atoms with Crippen molar-refractivity contribution in [3.8, 4) is 0 Å². The molecule has 0 bridgehead atoms. The molecule has 0 radical (unpaired) electrons. The molecule has 0 fully saturated rings. The van der Waals surface area contributed by atoms with Gasteiger partial charge in [0.15, 0.2) is 5.96 Å². The summed E-state index contributed by atoms with van der Waals surface area (Å²) in [6, 6.07) is 12.1. The van der Waals surface area contributed by atoms with Crippen molar-refractivity contribution in [3.63, 3.8) is 0 Å². The summed E-state index contributed by atoms with van der Waals surface area (Å²) in [4.78, 5) is 4.25. The van der Waals surface area contributed by atoms with Crippen molar-refractivity contribution in [3.05, 3.63) is 58.5 Å². The normalized spacial score (nSPS) is 12.3. The molecule has 2 N–H and O–H groups in total. The molecule has 118 valence electrons. The average Bonchev–Trinajstić information content (AvgIpc) is 3.01. The first kappa shape index (κ1) is 16.6.